The number of oxime groups is 1. The number of allylic oxidation sites excluding steroid dienone is 2. The summed E-state index contributed by atoms with van der Waals surface area (Å²) < 4.78 is 1.71. The van der Waals surface area contributed by atoms with Crippen LogP contribution in [0.2, 0.25) is 0 Å². The van der Waals surface area contributed by atoms with Gasteiger partial charge < -0.3 is 35.8 Å². The van der Waals surface area contributed by atoms with Crippen molar-refractivity contribution in [3.05, 3.63) is 53.0 Å². The van der Waals surface area contributed by atoms with Crippen LogP contribution in [-0.4, -0.2) is 82.5 Å². The molecule has 6 N–H and O–H groups in total. The molecule has 2 amide bonds. The number of nitrogens with one attached hydrogen (secondary N) is 1. The summed E-state index contributed by atoms with van der Waals surface area (Å²) >= 11 is 2.42. The van der Waals surface area contributed by atoms with Gasteiger partial charge in [0.25, 0.3) is 11.8 Å². The van der Waals surface area contributed by atoms with E-state index >= 15 is 0 Å². The van der Waals surface area contributed by atoms with E-state index in [0.29, 0.717) is 23.2 Å². The average molecular weight is 572 g/mol. The summed E-state index contributed by atoms with van der Waals surface area (Å²) in [5.41, 5.74) is 6.99. The predicted molar refractivity (Wildman–Crippen MR) is 142 cm³/mol. The van der Waals surface area contributed by atoms with Crippen LogP contribution < -0.4 is 11.1 Å². The Morgan fingerprint density at radius 2 is 2.10 bits per heavy atom. The Morgan fingerprint density at radius 1 is 1.33 bits per heavy atom. The number of carboxylic acid groups (broad SMARTS) is 1. The highest BCUT2D eigenvalue weighted by molar-refractivity contribution is 8.00. The van der Waals surface area contributed by atoms with Crippen molar-refractivity contribution in [1.29, 1.82) is 0 Å². The maximum absolute atomic E-state index is 13.0. The number of hydrogen-bond acceptors (Lipinski definition) is 12. The molecule has 1 aromatic carbocycles. The minimum absolute atomic E-state index is 0.161. The largest absolute Gasteiger partial charge is 0.504 e. The Balaban J connectivity index is 1.32. The number of amides is 2. The molecule has 16 heteroatoms. The van der Waals surface area contributed by atoms with Crippen LogP contribution >= 0.6 is 23.1 Å². The molecule has 1 fully saturated rings. The van der Waals surface area contributed by atoms with Gasteiger partial charge in [0, 0.05) is 29.8 Å². The molecule has 5 rings (SSSR count). The van der Waals surface area contributed by atoms with Gasteiger partial charge in [0.2, 0.25) is 0 Å². The van der Waals surface area contributed by atoms with Gasteiger partial charge in [-0.05, 0) is 5.57 Å². The maximum atomic E-state index is 13.0. The van der Waals surface area contributed by atoms with Crippen molar-refractivity contribution in [2.24, 2.45) is 5.16 Å². The number of nitrogen functional groups attached to an aromatic ring is 1. The molecular formula is C23H21N7O7S2. The summed E-state index contributed by atoms with van der Waals surface area (Å²) in [6.45, 7) is 0.292. The van der Waals surface area contributed by atoms with Gasteiger partial charge in [-0.2, -0.15) is 0 Å². The van der Waals surface area contributed by atoms with E-state index in [-0.39, 0.29) is 39.5 Å². The van der Waals surface area contributed by atoms with Gasteiger partial charge >= 0.3 is 5.97 Å². The average Bonchev–Trinajstić information content (AvgIpc) is 3.51. The summed E-state index contributed by atoms with van der Waals surface area (Å²) in [6.07, 6.45) is 4.86. The molecule has 0 bridgehead atoms. The number of aromatic hydroxyl groups is 2. The molecule has 2 aromatic heterocycles. The number of rotatable bonds is 8. The van der Waals surface area contributed by atoms with Gasteiger partial charge in [-0.3, -0.25) is 14.5 Å². The van der Waals surface area contributed by atoms with Crippen LogP contribution in [0.25, 0.3) is 11.0 Å². The Hall–Kier alpha value is -4.57. The van der Waals surface area contributed by atoms with Crippen LogP contribution in [0.5, 0.6) is 11.5 Å². The van der Waals surface area contributed by atoms with E-state index in [1.54, 1.807) is 16.7 Å². The number of aromatic nitrogens is 3. The molecule has 202 valence electrons. The number of thiazole rings is 1. The van der Waals surface area contributed by atoms with Crippen LogP contribution in [0.15, 0.2) is 52.4 Å². The smallest absolute Gasteiger partial charge is 0.352 e. The molecule has 3 aromatic rings. The first-order valence-electron chi connectivity index (χ1n) is 11.3. The number of thioether (sulfide) groups is 1. The molecule has 14 nitrogen and oxygen atoms in total. The quantitative estimate of drug-likeness (QED) is 0.111. The van der Waals surface area contributed by atoms with E-state index < -0.39 is 29.2 Å². The van der Waals surface area contributed by atoms with E-state index in [9.17, 15) is 29.7 Å². The zero-order valence-corrected chi connectivity index (χ0v) is 21.8. The molecule has 0 saturated carbocycles. The van der Waals surface area contributed by atoms with Gasteiger partial charge in [0.05, 0.1) is 17.4 Å². The number of fused-ring (bicyclic) bond motifs is 2. The number of phenolic OH excluding ortho intramolecular Hbond substituents is 2. The number of anilines is 1. The third-order valence-electron chi connectivity index (χ3n) is 5.99. The van der Waals surface area contributed by atoms with Gasteiger partial charge in [-0.1, -0.05) is 17.3 Å². The summed E-state index contributed by atoms with van der Waals surface area (Å²) in [7, 11) is 1.26. The highest BCUT2D eigenvalue weighted by atomic mass is 32.2. The second-order valence-electron chi connectivity index (χ2n) is 8.36. The summed E-state index contributed by atoms with van der Waals surface area (Å²) in [6, 6.07) is 1.75. The number of aliphatic carboxylic acids is 1. The van der Waals surface area contributed by atoms with Crippen molar-refractivity contribution >= 4 is 62.8 Å². The van der Waals surface area contributed by atoms with Crippen LogP contribution in [0.4, 0.5) is 5.13 Å². The number of carbonyl (C=O) groups excluding carboxylic acids is 2. The third-order valence-corrected chi connectivity index (χ3v) is 7.96. The zero-order valence-electron chi connectivity index (χ0n) is 20.1. The fraction of sp³-hybridized carbons (Fsp3) is 0.217. The normalized spacial score (nSPS) is 19.4. The fourth-order valence-electron chi connectivity index (χ4n) is 4.21. The number of nitrogens with two attached hydrogens (primary N) is 1. The van der Waals surface area contributed by atoms with E-state index in [1.807, 2.05) is 0 Å². The lowest BCUT2D eigenvalue weighted by molar-refractivity contribution is -0.150. The predicted octanol–water partition coefficient (Wildman–Crippen LogP) is 0.832. The van der Waals surface area contributed by atoms with Gasteiger partial charge in [0.1, 0.15) is 29.9 Å². The molecule has 4 heterocycles. The number of phenols is 2. The Bertz CT molecular complexity index is 1590. The number of carbonyl (C=O) groups is 3. The number of β-lactam (4-membered cyclic amide) rings is 1. The van der Waals surface area contributed by atoms with Gasteiger partial charge in [0.15, 0.2) is 22.3 Å². The Morgan fingerprint density at radius 3 is 2.79 bits per heavy atom. The Kier molecular flexibility index (Phi) is 6.88. The van der Waals surface area contributed by atoms with Crippen molar-refractivity contribution in [3.8, 4) is 11.5 Å². The molecule has 39 heavy (non-hydrogen) atoms. The lowest BCUT2D eigenvalue weighted by Gasteiger charge is -2.49. The maximum Gasteiger partial charge on any atom is 0.352 e. The molecule has 0 aliphatic carbocycles. The number of imidazole rings is 1. The van der Waals surface area contributed by atoms with Crippen molar-refractivity contribution in [2.45, 2.75) is 18.0 Å². The summed E-state index contributed by atoms with van der Waals surface area (Å²) in [4.78, 5) is 52.1. The molecule has 2 aliphatic heterocycles. The Labute approximate surface area is 228 Å². The lowest BCUT2D eigenvalue weighted by atomic mass is 10.0. The third kappa shape index (κ3) is 4.74. The second-order valence-corrected chi connectivity index (χ2v) is 10.4. The van der Waals surface area contributed by atoms with E-state index in [0.717, 1.165) is 16.2 Å². The monoisotopic (exact) mass is 571 g/mol. The van der Waals surface area contributed by atoms with E-state index in [4.69, 9.17) is 10.6 Å². The topological polar surface area (TPSA) is 205 Å². The van der Waals surface area contributed by atoms with Crippen molar-refractivity contribution < 1.29 is 34.5 Å². The first-order chi connectivity index (χ1) is 18.7. The van der Waals surface area contributed by atoms with E-state index in [2.05, 4.69) is 20.4 Å². The first-order valence-corrected chi connectivity index (χ1v) is 13.2. The number of benzene rings is 1. The van der Waals surface area contributed by atoms with Gasteiger partial charge in [-0.15, -0.1) is 23.1 Å². The molecule has 2 aliphatic rings. The number of carboxylic acids is 1. The standard InChI is InChI=1S/C23H21N7O7S2/c1-37-28-16(12-8-39-23(24)26-12)19(33)27-17-20(34)30-18(22(35)36)10(7-38-21(17)30)3-2-4-29-9-25-11-5-14(31)15(32)6-13(11)29/h2-3,5-6,8-9,17,21,31-32H,4,7H2,1H3,(H2,24,26)(H,27,33)(H,35,36)/b3-2+,28-16-. The number of nitrogens with zero attached hydrogens (tertiary/aromatic N) is 5. The first kappa shape index (κ1) is 26.1. The molecule has 2 unspecified atom stereocenters. The lowest BCUT2D eigenvalue weighted by Crippen LogP contribution is -2.71. The van der Waals surface area contributed by atoms with Crippen LogP contribution in [0.3, 0.4) is 0 Å². The SMILES string of the molecule is CO/N=C(\C(=O)NC1C(=O)N2C(C(=O)O)=C(/C=C/Cn3cnc4cc(O)c(O)cc43)CSC12)c1csc(N)n1. The molecule has 0 radical (unpaired) electrons. The summed E-state index contributed by atoms with van der Waals surface area (Å²) in [5, 5.41) is 36.8. The molecule has 2 atom stereocenters. The highest BCUT2D eigenvalue weighted by Crippen LogP contribution is 2.40. The minimum atomic E-state index is -1.27. The van der Waals surface area contributed by atoms with Crippen molar-refractivity contribution in [2.75, 3.05) is 18.6 Å². The fourth-order valence-corrected chi connectivity index (χ4v) is 6.08. The second kappa shape index (κ2) is 10.3. The summed E-state index contributed by atoms with van der Waals surface area (Å²) in [5.74, 6) is -2.84. The van der Waals surface area contributed by atoms with Gasteiger partial charge in [-0.25, -0.2) is 14.8 Å². The van der Waals surface area contributed by atoms with Crippen LogP contribution in [0.1, 0.15) is 5.69 Å². The minimum Gasteiger partial charge on any atom is -0.504 e. The van der Waals surface area contributed by atoms with Crippen molar-refractivity contribution in [3.63, 3.8) is 0 Å². The van der Waals surface area contributed by atoms with Crippen LogP contribution in [0, 0.1) is 0 Å². The zero-order chi connectivity index (χ0) is 27.8. The highest BCUT2D eigenvalue weighted by Gasteiger charge is 2.54. The van der Waals surface area contributed by atoms with Crippen molar-refractivity contribution in [1.82, 2.24) is 24.8 Å². The molecular weight excluding hydrogens is 550 g/mol. The molecule has 0 spiro atoms. The van der Waals surface area contributed by atoms with E-state index in [1.165, 1.54) is 42.7 Å². The van der Waals surface area contributed by atoms with Crippen LogP contribution in [-0.2, 0) is 25.8 Å². The number of hydrogen-bond donors (Lipinski definition) is 5. The molecule has 1 saturated heterocycles.